The Balaban J connectivity index is 0.881. The van der Waals surface area contributed by atoms with Gasteiger partial charge in [0.05, 0.1) is 40.3 Å². The van der Waals surface area contributed by atoms with Crippen molar-refractivity contribution in [3.05, 3.63) is 106 Å². The van der Waals surface area contributed by atoms with E-state index in [4.69, 9.17) is 19.2 Å². The molecule has 2 aromatic heterocycles. The van der Waals surface area contributed by atoms with E-state index in [1.165, 1.54) is 30.0 Å². The van der Waals surface area contributed by atoms with Crippen molar-refractivity contribution in [2.75, 3.05) is 67.7 Å². The maximum atomic E-state index is 15.3. The minimum Gasteiger partial charge on any atom is -0.468 e. The summed E-state index contributed by atoms with van der Waals surface area (Å²) in [7, 11) is -4.66. The molecule has 4 saturated heterocycles. The number of nitro groups is 1. The Morgan fingerprint density at radius 2 is 1.83 bits per heavy atom. The van der Waals surface area contributed by atoms with Gasteiger partial charge >= 0.3 is 0 Å². The van der Waals surface area contributed by atoms with Gasteiger partial charge in [0.15, 0.2) is 0 Å². The number of pyridine rings is 1. The molecular weight excluding hydrogens is 856 g/mol. The topological polar surface area (TPSA) is 184 Å². The van der Waals surface area contributed by atoms with Crippen molar-refractivity contribution in [2.45, 2.75) is 80.2 Å². The number of ether oxygens (including phenoxy) is 3. The Morgan fingerprint density at radius 3 is 2.63 bits per heavy atom. The number of aryl methyl sites for hydroxylation is 1. The highest BCUT2D eigenvalue weighted by atomic mass is 32.2. The molecule has 0 bridgehead atoms. The standard InChI is InChI=1S/C47H51FN8O8S/c1-29-5-2-3-6-34(29)37-7-4-16-54(37)32-22-46(23-32)27-53(28-46)31-8-10-35(38(20-31)55-40-19-30-12-15-49-43(30)51-45(40)64-42-25-63-24-41(42)55)44(57)52-65(60,61)33-9-11-36(39(21-33)56(58)59)50-26-47(48)13-17-62-18-14-47/h2-3,5-6,8-12,15,19-21,32,37,41-42,50H,4,7,13-14,16-18,22-28H2,1H3,(H,49,51)(H,52,57)/t37-,41-,42-/m0/s1. The summed E-state index contributed by atoms with van der Waals surface area (Å²) in [5.74, 6) is -0.577. The molecule has 1 amide bonds. The molecular formula is C47H51FN8O8S. The zero-order chi connectivity index (χ0) is 44.7. The number of alkyl halides is 1. The third kappa shape index (κ3) is 7.53. The van der Waals surface area contributed by atoms with E-state index in [2.05, 4.69) is 56.0 Å². The number of H-pyrrole nitrogens is 1. The Hall–Kier alpha value is -5.82. The molecule has 3 N–H and O–H groups in total. The van der Waals surface area contributed by atoms with Gasteiger partial charge in [-0.1, -0.05) is 24.3 Å². The van der Waals surface area contributed by atoms with Gasteiger partial charge in [-0.25, -0.2) is 17.5 Å². The second kappa shape index (κ2) is 16.0. The molecule has 7 heterocycles. The van der Waals surface area contributed by atoms with Crippen LogP contribution in [0.3, 0.4) is 0 Å². The number of amides is 1. The van der Waals surface area contributed by atoms with Crippen LogP contribution >= 0.6 is 0 Å². The average molecular weight is 907 g/mol. The zero-order valence-electron chi connectivity index (χ0n) is 36.0. The third-order valence-corrected chi connectivity index (χ3v) is 15.9. The predicted octanol–water partition coefficient (Wildman–Crippen LogP) is 6.93. The number of hydrogen-bond acceptors (Lipinski definition) is 13. The molecule has 11 rings (SSSR count). The number of nitrogens with zero attached hydrogens (tertiary/aromatic N) is 5. The SMILES string of the molecule is Cc1ccccc1[C@@H]1CCCN1C1CC2(C1)CN(c1ccc(C(=O)NS(=O)(=O)c3ccc(NCC4(F)CCOCC4)c([N+](=O)[O-])c3)c(N3c4cc5cc[nH]c5nc4O[C@H]4COC[C@@H]43)c1)C2. The van der Waals surface area contributed by atoms with Gasteiger partial charge in [0.1, 0.15) is 28.8 Å². The number of aromatic amines is 1. The number of aromatic nitrogens is 2. The van der Waals surface area contributed by atoms with Gasteiger partial charge in [-0.3, -0.25) is 19.8 Å². The molecule has 3 atom stereocenters. The Labute approximate surface area is 375 Å². The Morgan fingerprint density at radius 1 is 1.02 bits per heavy atom. The molecule has 1 aliphatic carbocycles. The molecule has 16 nitrogen and oxygen atoms in total. The highest BCUT2D eigenvalue weighted by Gasteiger charge is 2.55. The van der Waals surface area contributed by atoms with E-state index in [9.17, 15) is 23.3 Å². The molecule has 5 fully saturated rings. The quantitative estimate of drug-likeness (QED) is 0.0917. The average Bonchev–Trinajstić information content (AvgIpc) is 4.05. The lowest BCUT2D eigenvalue weighted by Crippen LogP contribution is -2.66. The molecule has 1 spiro atoms. The molecule has 1 saturated carbocycles. The fourth-order valence-corrected chi connectivity index (χ4v) is 12.1. The second-order valence-electron chi connectivity index (χ2n) is 18.7. The molecule has 0 unspecified atom stereocenters. The highest BCUT2D eigenvalue weighted by molar-refractivity contribution is 7.90. The smallest absolute Gasteiger partial charge is 0.293 e. The van der Waals surface area contributed by atoms with E-state index in [0.29, 0.717) is 41.6 Å². The fourth-order valence-electron chi connectivity index (χ4n) is 11.1. The lowest BCUT2D eigenvalue weighted by Gasteiger charge is -2.62. The lowest BCUT2D eigenvalue weighted by atomic mass is 9.60. The van der Waals surface area contributed by atoms with Crippen LogP contribution in [0.25, 0.3) is 11.0 Å². The molecule has 3 aromatic carbocycles. The van der Waals surface area contributed by atoms with Crippen LogP contribution in [-0.2, 0) is 19.5 Å². The number of nitrogens with one attached hydrogen (secondary N) is 3. The first-order valence-electron chi connectivity index (χ1n) is 22.4. The summed E-state index contributed by atoms with van der Waals surface area (Å²) in [5.41, 5.74) is 3.36. The van der Waals surface area contributed by atoms with Crippen LogP contribution in [0.15, 0.2) is 83.9 Å². The molecule has 5 aromatic rings. The first-order chi connectivity index (χ1) is 31.4. The zero-order valence-corrected chi connectivity index (χ0v) is 36.8. The largest absolute Gasteiger partial charge is 0.468 e. The maximum Gasteiger partial charge on any atom is 0.293 e. The highest BCUT2D eigenvalue weighted by Crippen LogP contribution is 2.55. The molecule has 0 radical (unpaired) electrons. The number of likely N-dealkylation sites (tertiary alicyclic amines) is 1. The molecule has 18 heteroatoms. The first-order valence-corrected chi connectivity index (χ1v) is 23.9. The number of carbonyl (C=O) groups is 1. The third-order valence-electron chi connectivity index (χ3n) is 14.6. The number of rotatable bonds is 11. The second-order valence-corrected chi connectivity index (χ2v) is 20.4. The summed E-state index contributed by atoms with van der Waals surface area (Å²) in [4.78, 5) is 40.4. The van der Waals surface area contributed by atoms with Crippen molar-refractivity contribution in [1.29, 1.82) is 0 Å². The van der Waals surface area contributed by atoms with Gasteiger partial charge in [0.2, 0.25) is 5.88 Å². The van der Waals surface area contributed by atoms with E-state index in [1.54, 1.807) is 12.3 Å². The van der Waals surface area contributed by atoms with Gasteiger partial charge in [-0.05, 0) is 92.7 Å². The van der Waals surface area contributed by atoms with Crippen LogP contribution in [0.5, 0.6) is 5.88 Å². The van der Waals surface area contributed by atoms with Gasteiger partial charge in [0, 0.05) is 86.5 Å². The van der Waals surface area contributed by atoms with Crippen molar-refractivity contribution >= 4 is 55.4 Å². The molecule has 6 aliphatic rings. The van der Waals surface area contributed by atoms with Gasteiger partial charge in [0.25, 0.3) is 21.6 Å². The van der Waals surface area contributed by atoms with E-state index in [1.807, 2.05) is 29.2 Å². The van der Waals surface area contributed by atoms with E-state index in [0.717, 1.165) is 55.7 Å². The molecule has 5 aliphatic heterocycles. The van der Waals surface area contributed by atoms with Crippen LogP contribution < -0.4 is 24.6 Å². The van der Waals surface area contributed by atoms with E-state index in [-0.39, 0.29) is 61.9 Å². The van der Waals surface area contributed by atoms with Crippen LogP contribution in [-0.4, -0.2) is 111 Å². The fraction of sp³-hybridized carbons (Fsp3) is 0.447. The van der Waals surface area contributed by atoms with E-state index < -0.39 is 43.2 Å². The molecule has 340 valence electrons. The number of fused-ring (bicyclic) bond motifs is 3. The predicted molar refractivity (Wildman–Crippen MR) is 241 cm³/mol. The first kappa shape index (κ1) is 41.9. The van der Waals surface area contributed by atoms with E-state index >= 15 is 4.39 Å². The number of hydrogen-bond donors (Lipinski definition) is 3. The van der Waals surface area contributed by atoms with Gasteiger partial charge in [-0.15, -0.1) is 0 Å². The van der Waals surface area contributed by atoms with Gasteiger partial charge < -0.3 is 34.3 Å². The summed E-state index contributed by atoms with van der Waals surface area (Å²) in [6.07, 6.45) is 6.23. The van der Waals surface area contributed by atoms with Crippen molar-refractivity contribution in [3.63, 3.8) is 0 Å². The number of anilines is 4. The summed E-state index contributed by atoms with van der Waals surface area (Å²) in [6, 6.07) is 21.9. The van der Waals surface area contributed by atoms with Crippen molar-refractivity contribution in [2.24, 2.45) is 5.41 Å². The minimum atomic E-state index is -4.66. The number of nitro benzene ring substituents is 1. The van der Waals surface area contributed by atoms with Crippen LogP contribution in [0.4, 0.5) is 32.8 Å². The van der Waals surface area contributed by atoms with Crippen LogP contribution in [0.1, 0.15) is 66.1 Å². The van der Waals surface area contributed by atoms with Crippen molar-refractivity contribution < 1.29 is 36.7 Å². The number of sulfonamides is 1. The van der Waals surface area contributed by atoms with Gasteiger partial charge in [-0.2, -0.15) is 4.98 Å². The molecule has 65 heavy (non-hydrogen) atoms. The normalized spacial score (nSPS) is 23.6. The minimum absolute atomic E-state index is 0.0427. The summed E-state index contributed by atoms with van der Waals surface area (Å²) < 4.78 is 63.1. The Kier molecular flexibility index (Phi) is 10.3. The summed E-state index contributed by atoms with van der Waals surface area (Å²) in [5, 5.41) is 15.8. The van der Waals surface area contributed by atoms with Crippen molar-refractivity contribution in [3.8, 4) is 5.88 Å². The Bertz CT molecular complexity index is 2800. The van der Waals surface area contributed by atoms with Crippen molar-refractivity contribution in [1.82, 2.24) is 19.6 Å². The number of halogens is 1. The van der Waals surface area contributed by atoms with Crippen LogP contribution in [0, 0.1) is 22.5 Å². The maximum absolute atomic E-state index is 15.3. The lowest BCUT2D eigenvalue weighted by molar-refractivity contribution is -0.384. The van der Waals surface area contributed by atoms with Crippen LogP contribution in [0.2, 0.25) is 0 Å². The number of benzene rings is 3. The summed E-state index contributed by atoms with van der Waals surface area (Å²) >= 11 is 0. The number of carbonyl (C=O) groups excluding carboxylic acids is 1. The summed E-state index contributed by atoms with van der Waals surface area (Å²) in [6.45, 7) is 5.86. The monoisotopic (exact) mass is 906 g/mol.